The van der Waals surface area contributed by atoms with E-state index in [0.717, 1.165) is 5.56 Å². The molecule has 0 amide bonds. The smallest absolute Gasteiger partial charge is 0.118 e. The summed E-state index contributed by atoms with van der Waals surface area (Å²) in [5, 5.41) is 5.65. The SMILES string of the molecule is C=NN(Cc1ccccc1)C(=C)Cl. The second-order valence-corrected chi connectivity index (χ2v) is 3.00. The molecule has 0 N–H and O–H groups in total. The lowest BCUT2D eigenvalue weighted by Crippen LogP contribution is -2.11. The Morgan fingerprint density at radius 3 is 2.46 bits per heavy atom. The first-order valence-corrected chi connectivity index (χ1v) is 4.24. The second kappa shape index (κ2) is 4.67. The van der Waals surface area contributed by atoms with Crippen LogP contribution in [0.25, 0.3) is 0 Å². The number of rotatable bonds is 4. The summed E-state index contributed by atoms with van der Waals surface area (Å²) >= 11 is 5.69. The number of hydrogen-bond donors (Lipinski definition) is 0. The number of hydrazone groups is 1. The number of halogens is 1. The fraction of sp³-hybridized carbons (Fsp3) is 0.100. The van der Waals surface area contributed by atoms with Crippen molar-refractivity contribution in [1.82, 2.24) is 5.01 Å². The molecule has 1 aromatic rings. The first kappa shape index (κ1) is 9.81. The standard InChI is InChI=1S/C10H11ClN2/c1-9(11)13(12-2)8-10-6-4-3-5-7-10/h3-7H,1-2,8H2. The average molecular weight is 195 g/mol. The zero-order valence-electron chi connectivity index (χ0n) is 7.28. The van der Waals surface area contributed by atoms with E-state index in [-0.39, 0.29) is 0 Å². The highest BCUT2D eigenvalue weighted by molar-refractivity contribution is 6.28. The minimum absolute atomic E-state index is 0.374. The van der Waals surface area contributed by atoms with E-state index < -0.39 is 0 Å². The molecule has 0 saturated heterocycles. The zero-order chi connectivity index (χ0) is 9.68. The van der Waals surface area contributed by atoms with Crippen molar-refractivity contribution in [1.29, 1.82) is 0 Å². The molecule has 68 valence electrons. The third-order valence-electron chi connectivity index (χ3n) is 1.63. The van der Waals surface area contributed by atoms with E-state index in [2.05, 4.69) is 18.4 Å². The summed E-state index contributed by atoms with van der Waals surface area (Å²) in [6.07, 6.45) is 0. The van der Waals surface area contributed by atoms with Crippen LogP contribution in [-0.4, -0.2) is 11.7 Å². The Kier molecular flexibility index (Phi) is 3.53. The van der Waals surface area contributed by atoms with Crippen LogP contribution in [-0.2, 0) is 6.54 Å². The van der Waals surface area contributed by atoms with E-state index in [0.29, 0.717) is 11.7 Å². The van der Waals surface area contributed by atoms with Crippen molar-refractivity contribution in [2.75, 3.05) is 0 Å². The van der Waals surface area contributed by atoms with Crippen molar-refractivity contribution in [3.05, 3.63) is 47.6 Å². The maximum absolute atomic E-state index is 5.69. The van der Waals surface area contributed by atoms with Crippen molar-refractivity contribution in [2.45, 2.75) is 6.54 Å². The molecule has 0 bridgehead atoms. The van der Waals surface area contributed by atoms with Gasteiger partial charge in [-0.15, -0.1) is 0 Å². The predicted octanol–water partition coefficient (Wildman–Crippen LogP) is 2.81. The van der Waals surface area contributed by atoms with Crippen LogP contribution < -0.4 is 0 Å². The molecule has 0 unspecified atom stereocenters. The molecule has 1 rings (SSSR count). The second-order valence-electron chi connectivity index (χ2n) is 2.56. The molecular formula is C10H11ClN2. The third kappa shape index (κ3) is 2.92. The van der Waals surface area contributed by atoms with Crippen LogP contribution in [0, 0.1) is 0 Å². The van der Waals surface area contributed by atoms with Gasteiger partial charge in [0.2, 0.25) is 0 Å². The third-order valence-corrected chi connectivity index (χ3v) is 1.82. The fourth-order valence-electron chi connectivity index (χ4n) is 0.969. The van der Waals surface area contributed by atoms with Crippen molar-refractivity contribution in [3.63, 3.8) is 0 Å². The summed E-state index contributed by atoms with van der Waals surface area (Å²) in [6, 6.07) is 9.89. The van der Waals surface area contributed by atoms with Crippen molar-refractivity contribution < 1.29 is 0 Å². The van der Waals surface area contributed by atoms with Gasteiger partial charge in [0.05, 0.1) is 6.54 Å². The largest absolute Gasteiger partial charge is 0.251 e. The van der Waals surface area contributed by atoms with Crippen molar-refractivity contribution in [2.24, 2.45) is 5.10 Å². The zero-order valence-corrected chi connectivity index (χ0v) is 8.04. The molecular weight excluding hydrogens is 184 g/mol. The van der Waals surface area contributed by atoms with E-state index in [1.807, 2.05) is 30.3 Å². The lowest BCUT2D eigenvalue weighted by Gasteiger charge is -2.15. The van der Waals surface area contributed by atoms with Gasteiger partial charge in [0.1, 0.15) is 5.16 Å². The summed E-state index contributed by atoms with van der Waals surface area (Å²) < 4.78 is 0. The molecule has 2 nitrogen and oxygen atoms in total. The van der Waals surface area contributed by atoms with Crippen LogP contribution in [0.4, 0.5) is 0 Å². The highest BCUT2D eigenvalue weighted by Crippen LogP contribution is 2.12. The Labute approximate surface area is 83.1 Å². The molecule has 0 spiro atoms. The molecule has 0 aliphatic heterocycles. The Morgan fingerprint density at radius 2 is 2.00 bits per heavy atom. The van der Waals surface area contributed by atoms with E-state index in [1.54, 1.807) is 0 Å². The Balaban J connectivity index is 2.67. The van der Waals surface area contributed by atoms with Gasteiger partial charge in [-0.1, -0.05) is 48.5 Å². The van der Waals surface area contributed by atoms with E-state index in [4.69, 9.17) is 11.6 Å². The normalized spacial score (nSPS) is 9.31. The van der Waals surface area contributed by atoms with Gasteiger partial charge in [0.15, 0.2) is 0 Å². The van der Waals surface area contributed by atoms with Gasteiger partial charge in [-0.05, 0) is 5.56 Å². The molecule has 0 aliphatic carbocycles. The first-order valence-electron chi connectivity index (χ1n) is 3.86. The summed E-state index contributed by atoms with van der Waals surface area (Å²) in [7, 11) is 0. The summed E-state index contributed by atoms with van der Waals surface area (Å²) in [4.78, 5) is 0. The monoisotopic (exact) mass is 194 g/mol. The fourth-order valence-corrected chi connectivity index (χ4v) is 1.08. The van der Waals surface area contributed by atoms with Gasteiger partial charge >= 0.3 is 0 Å². The van der Waals surface area contributed by atoms with Gasteiger partial charge in [0.25, 0.3) is 0 Å². The van der Waals surface area contributed by atoms with Crippen LogP contribution in [0.15, 0.2) is 47.2 Å². The molecule has 0 aromatic heterocycles. The molecule has 0 fully saturated rings. The minimum Gasteiger partial charge on any atom is -0.251 e. The molecule has 3 heteroatoms. The van der Waals surface area contributed by atoms with Crippen LogP contribution in [0.5, 0.6) is 0 Å². The molecule has 0 heterocycles. The Hall–Kier alpha value is -1.28. The van der Waals surface area contributed by atoms with Gasteiger partial charge in [-0.25, -0.2) is 0 Å². The average Bonchev–Trinajstić information content (AvgIpc) is 2.15. The predicted molar refractivity (Wildman–Crippen MR) is 56.5 cm³/mol. The molecule has 0 radical (unpaired) electrons. The van der Waals surface area contributed by atoms with Gasteiger partial charge in [0, 0.05) is 6.72 Å². The lowest BCUT2D eigenvalue weighted by atomic mass is 10.2. The van der Waals surface area contributed by atoms with Crippen LogP contribution in [0.1, 0.15) is 5.56 Å². The number of hydrogen-bond acceptors (Lipinski definition) is 2. The summed E-state index contributed by atoms with van der Waals surface area (Å²) in [5.74, 6) is 0. The van der Waals surface area contributed by atoms with E-state index >= 15 is 0 Å². The first-order chi connectivity index (χ1) is 6.24. The molecule has 0 atom stereocenters. The van der Waals surface area contributed by atoms with Crippen molar-refractivity contribution >= 4 is 18.3 Å². The summed E-state index contributed by atoms with van der Waals surface area (Å²) in [6.45, 7) is 7.59. The van der Waals surface area contributed by atoms with E-state index in [9.17, 15) is 0 Å². The topological polar surface area (TPSA) is 15.6 Å². The highest BCUT2D eigenvalue weighted by atomic mass is 35.5. The quantitative estimate of drug-likeness (QED) is 0.409. The highest BCUT2D eigenvalue weighted by Gasteiger charge is 2.02. The van der Waals surface area contributed by atoms with Gasteiger partial charge in [-0.2, -0.15) is 5.10 Å². The van der Waals surface area contributed by atoms with Gasteiger partial charge in [-0.3, -0.25) is 5.01 Å². The lowest BCUT2D eigenvalue weighted by molar-refractivity contribution is 0.385. The maximum atomic E-state index is 5.69. The summed E-state index contributed by atoms with van der Waals surface area (Å²) in [5.41, 5.74) is 1.12. The molecule has 0 aliphatic rings. The van der Waals surface area contributed by atoms with Crippen LogP contribution in [0.3, 0.4) is 0 Å². The van der Waals surface area contributed by atoms with Gasteiger partial charge < -0.3 is 0 Å². The number of nitrogens with zero attached hydrogens (tertiary/aromatic N) is 2. The number of benzene rings is 1. The molecule has 13 heavy (non-hydrogen) atoms. The Morgan fingerprint density at radius 1 is 1.38 bits per heavy atom. The van der Waals surface area contributed by atoms with E-state index in [1.165, 1.54) is 5.01 Å². The van der Waals surface area contributed by atoms with Crippen LogP contribution >= 0.6 is 11.6 Å². The maximum Gasteiger partial charge on any atom is 0.118 e. The molecule has 0 saturated carbocycles. The van der Waals surface area contributed by atoms with Crippen LogP contribution in [0.2, 0.25) is 0 Å². The Bertz CT molecular complexity index is 295. The molecule has 1 aromatic carbocycles. The van der Waals surface area contributed by atoms with Crippen molar-refractivity contribution in [3.8, 4) is 0 Å². The minimum atomic E-state index is 0.374.